The summed E-state index contributed by atoms with van der Waals surface area (Å²) < 4.78 is 16.7. The van der Waals surface area contributed by atoms with Crippen LogP contribution in [0.2, 0.25) is 0 Å². The zero-order valence-corrected chi connectivity index (χ0v) is 22.5. The van der Waals surface area contributed by atoms with Crippen molar-refractivity contribution in [2.45, 2.75) is 114 Å². The van der Waals surface area contributed by atoms with Gasteiger partial charge in [0.05, 0.1) is 18.3 Å². The molecule has 9 nitrogen and oxygen atoms in total. The third-order valence-electron chi connectivity index (χ3n) is 12.1. The number of hydrogen-bond donors (Lipinski definition) is 5. The quantitative estimate of drug-likeness (QED) is 0.337. The minimum absolute atomic E-state index is 0.00112. The highest BCUT2D eigenvalue weighted by molar-refractivity contribution is 5.85. The third-order valence-corrected chi connectivity index (χ3v) is 12.1. The van der Waals surface area contributed by atoms with E-state index in [-0.39, 0.29) is 41.3 Å². The Morgan fingerprint density at radius 3 is 2.47 bits per heavy atom. The number of hydrogen-bond acceptors (Lipinski definition) is 9. The lowest BCUT2D eigenvalue weighted by Crippen LogP contribution is -2.62. The van der Waals surface area contributed by atoms with Crippen LogP contribution in [0.15, 0.2) is 11.6 Å². The number of fused-ring (bicyclic) bond motifs is 5. The minimum atomic E-state index is -1.55. The maximum Gasteiger partial charge on any atom is 0.331 e. The summed E-state index contributed by atoms with van der Waals surface area (Å²) in [5.41, 5.74) is 0.225. The van der Waals surface area contributed by atoms with Gasteiger partial charge < -0.3 is 39.7 Å². The number of aliphatic hydroxyl groups is 5. The van der Waals surface area contributed by atoms with E-state index in [2.05, 4.69) is 13.8 Å². The summed E-state index contributed by atoms with van der Waals surface area (Å²) in [4.78, 5) is 11.8. The van der Waals surface area contributed by atoms with Crippen LogP contribution in [0.1, 0.15) is 71.6 Å². The number of carbonyl (C=O) groups is 1. The first kappa shape index (κ1) is 27.1. The third kappa shape index (κ3) is 3.95. The van der Waals surface area contributed by atoms with E-state index < -0.39 is 36.3 Å². The van der Waals surface area contributed by atoms with Crippen molar-refractivity contribution in [1.29, 1.82) is 0 Å². The fourth-order valence-electron chi connectivity index (χ4n) is 9.82. The van der Waals surface area contributed by atoms with Gasteiger partial charge in [-0.3, -0.25) is 0 Å². The number of ether oxygens (including phenoxy) is 3. The molecule has 1 saturated heterocycles. The predicted molar refractivity (Wildman–Crippen MR) is 134 cm³/mol. The molecule has 0 radical (unpaired) electrons. The largest absolute Gasteiger partial charge is 0.458 e. The van der Waals surface area contributed by atoms with Crippen LogP contribution in [0.4, 0.5) is 0 Å². The number of aliphatic hydroxyl groups excluding tert-OH is 4. The van der Waals surface area contributed by atoms with Gasteiger partial charge in [0.1, 0.15) is 31.0 Å². The van der Waals surface area contributed by atoms with Crippen LogP contribution in [-0.4, -0.2) is 87.1 Å². The molecule has 2 aliphatic heterocycles. The van der Waals surface area contributed by atoms with E-state index in [1.54, 1.807) is 6.08 Å². The Morgan fingerprint density at radius 1 is 0.947 bits per heavy atom. The van der Waals surface area contributed by atoms with Gasteiger partial charge in [-0.25, -0.2) is 4.79 Å². The molecule has 9 heteroatoms. The van der Waals surface area contributed by atoms with Crippen LogP contribution in [0, 0.1) is 34.5 Å². The van der Waals surface area contributed by atoms with Crippen molar-refractivity contribution in [2.75, 3.05) is 13.2 Å². The molecular formula is C29H44O9. The predicted octanol–water partition coefficient (Wildman–Crippen LogP) is 1.43. The molecule has 0 aromatic heterocycles. The highest BCUT2D eigenvalue weighted by Crippen LogP contribution is 2.70. The number of cyclic esters (lactones) is 1. The van der Waals surface area contributed by atoms with E-state index in [1.807, 2.05) is 0 Å². The second-order valence-corrected chi connectivity index (χ2v) is 13.6. The molecule has 0 aromatic rings. The summed E-state index contributed by atoms with van der Waals surface area (Å²) >= 11 is 0. The van der Waals surface area contributed by atoms with Crippen LogP contribution in [-0.2, 0) is 19.0 Å². The number of rotatable bonds is 4. The molecule has 0 spiro atoms. The Balaban J connectivity index is 1.12. The highest BCUT2D eigenvalue weighted by Gasteiger charge is 2.67. The van der Waals surface area contributed by atoms with Crippen LogP contribution in [0.25, 0.3) is 0 Å². The first-order valence-corrected chi connectivity index (χ1v) is 14.6. The minimum Gasteiger partial charge on any atom is -0.458 e. The summed E-state index contributed by atoms with van der Waals surface area (Å²) in [6.45, 7) is 5.07. The van der Waals surface area contributed by atoms with Crippen molar-refractivity contribution in [3.05, 3.63) is 11.6 Å². The molecule has 4 aliphatic carbocycles. The van der Waals surface area contributed by atoms with Gasteiger partial charge in [-0.15, -0.1) is 0 Å². The van der Waals surface area contributed by atoms with Gasteiger partial charge in [-0.1, -0.05) is 13.8 Å². The maximum atomic E-state index is 12.4. The summed E-state index contributed by atoms with van der Waals surface area (Å²) in [6, 6.07) is 0. The van der Waals surface area contributed by atoms with E-state index in [9.17, 15) is 30.3 Å². The lowest BCUT2D eigenvalue weighted by atomic mass is 9.43. The van der Waals surface area contributed by atoms with Gasteiger partial charge in [-0.2, -0.15) is 0 Å². The molecule has 0 bridgehead atoms. The van der Waals surface area contributed by atoms with Crippen molar-refractivity contribution < 1.29 is 44.5 Å². The number of esters is 1. The lowest BCUT2D eigenvalue weighted by Gasteiger charge is -2.63. The van der Waals surface area contributed by atoms with E-state index in [4.69, 9.17) is 14.2 Å². The van der Waals surface area contributed by atoms with E-state index in [0.29, 0.717) is 18.4 Å². The van der Waals surface area contributed by atoms with Crippen molar-refractivity contribution in [2.24, 2.45) is 34.5 Å². The zero-order chi connectivity index (χ0) is 27.0. The molecule has 6 rings (SSSR count). The average Bonchev–Trinajstić information content (AvgIpc) is 3.43. The van der Waals surface area contributed by atoms with E-state index >= 15 is 0 Å². The first-order valence-electron chi connectivity index (χ1n) is 14.6. The molecule has 1 unspecified atom stereocenters. The molecule has 2 heterocycles. The summed E-state index contributed by atoms with van der Waals surface area (Å²) in [7, 11) is 0. The van der Waals surface area contributed by atoms with Crippen LogP contribution >= 0.6 is 0 Å². The van der Waals surface area contributed by atoms with Crippen LogP contribution in [0.3, 0.4) is 0 Å². The fourth-order valence-corrected chi connectivity index (χ4v) is 9.82. The zero-order valence-electron chi connectivity index (χ0n) is 22.5. The van der Waals surface area contributed by atoms with Gasteiger partial charge in [0.15, 0.2) is 6.29 Å². The molecule has 5 fully saturated rings. The molecule has 5 N–H and O–H groups in total. The molecular weight excluding hydrogens is 492 g/mol. The molecule has 214 valence electrons. The van der Waals surface area contributed by atoms with E-state index in [1.165, 1.54) is 0 Å². The van der Waals surface area contributed by atoms with Crippen molar-refractivity contribution in [3.8, 4) is 0 Å². The fraction of sp³-hybridized carbons (Fsp3) is 0.897. The van der Waals surface area contributed by atoms with Crippen LogP contribution < -0.4 is 0 Å². The summed E-state index contributed by atoms with van der Waals surface area (Å²) in [5.74, 6) is 1.12. The normalized spacial score (nSPS) is 54.5. The topological polar surface area (TPSA) is 146 Å². The Bertz CT molecular complexity index is 970. The Morgan fingerprint density at radius 2 is 1.74 bits per heavy atom. The monoisotopic (exact) mass is 536 g/mol. The van der Waals surface area contributed by atoms with Gasteiger partial charge in [0, 0.05) is 11.5 Å². The SMILES string of the molecule is C[C@]12CC[C@H](OC[C@H]3O[C@H](O)[C@H](O)[C@@H](O)[C@@H]3O)CC1CC[C@@H]1[C@@H]2CC[C@]2(C)[C@@H](C3=CC(=O)OC3)CC[C@@]12O. The second kappa shape index (κ2) is 9.50. The van der Waals surface area contributed by atoms with Gasteiger partial charge >= 0.3 is 5.97 Å². The average molecular weight is 537 g/mol. The van der Waals surface area contributed by atoms with Crippen molar-refractivity contribution in [3.63, 3.8) is 0 Å². The molecule has 6 aliphatic rings. The molecule has 38 heavy (non-hydrogen) atoms. The highest BCUT2D eigenvalue weighted by atomic mass is 16.6. The Hall–Kier alpha value is -1.07. The molecule has 0 amide bonds. The smallest absolute Gasteiger partial charge is 0.331 e. The molecule has 0 aromatic carbocycles. The first-order chi connectivity index (χ1) is 18.0. The molecule has 13 atom stereocenters. The van der Waals surface area contributed by atoms with Crippen LogP contribution in [0.5, 0.6) is 0 Å². The van der Waals surface area contributed by atoms with Gasteiger partial charge in [0.25, 0.3) is 0 Å². The molecule has 4 saturated carbocycles. The van der Waals surface area contributed by atoms with Gasteiger partial charge in [0.2, 0.25) is 0 Å². The Labute approximate surface area is 224 Å². The summed E-state index contributed by atoms with van der Waals surface area (Å²) in [5, 5.41) is 52.1. The Kier molecular flexibility index (Phi) is 6.78. The summed E-state index contributed by atoms with van der Waals surface area (Å²) in [6.07, 6.45) is 3.40. The maximum absolute atomic E-state index is 12.4. The second-order valence-electron chi connectivity index (χ2n) is 13.6. The van der Waals surface area contributed by atoms with E-state index in [0.717, 1.165) is 63.4 Å². The van der Waals surface area contributed by atoms with Gasteiger partial charge in [-0.05, 0) is 92.4 Å². The van der Waals surface area contributed by atoms with Crippen molar-refractivity contribution >= 4 is 5.97 Å². The standard InChI is InChI=1S/C29H44O9/c1-27-8-5-17(36-14-21-23(31)24(32)25(33)26(34)38-21)12-16(27)3-4-20-19(27)6-9-28(2)18(7-10-29(20,28)35)15-11-22(30)37-13-15/h11,16-21,23-26,31-35H,3-10,12-14H2,1-2H3/t16?,17-,18+,19-,20+,21+,23+,24-,25+,26-,27-,28+,29+/m0/s1. The number of carbonyl (C=O) groups excluding carboxylic acids is 1. The lowest BCUT2D eigenvalue weighted by molar-refractivity contribution is -0.291. The van der Waals surface area contributed by atoms with Crippen molar-refractivity contribution in [1.82, 2.24) is 0 Å².